The molecule has 16 heavy (non-hydrogen) atoms. The molecule has 0 aliphatic heterocycles. The van der Waals surface area contributed by atoms with Gasteiger partial charge in [-0.05, 0) is 12.1 Å². The second-order valence-electron chi connectivity index (χ2n) is 2.88. The fraction of sp³-hybridized carbons (Fsp3) is 0.200. The first kappa shape index (κ1) is 12.0. The van der Waals surface area contributed by atoms with Gasteiger partial charge in [0.15, 0.2) is 6.61 Å². The molecule has 0 bridgehead atoms. The number of para-hydroxylation sites is 1. The van der Waals surface area contributed by atoms with Crippen molar-refractivity contribution in [3.8, 4) is 0 Å². The third-order valence-electron chi connectivity index (χ3n) is 1.68. The van der Waals surface area contributed by atoms with Crippen LogP contribution in [0.2, 0.25) is 0 Å². The van der Waals surface area contributed by atoms with Crippen LogP contribution in [-0.4, -0.2) is 25.6 Å². The third kappa shape index (κ3) is 4.43. The quantitative estimate of drug-likeness (QED) is 0.650. The smallest absolute Gasteiger partial charge is 0.343 e. The Kier molecular flexibility index (Phi) is 4.81. The van der Waals surface area contributed by atoms with Gasteiger partial charge in [-0.3, -0.25) is 9.63 Å². The fourth-order valence-corrected chi connectivity index (χ4v) is 0.917. The lowest BCUT2D eigenvalue weighted by Crippen LogP contribution is -2.33. The zero-order chi connectivity index (χ0) is 11.8. The number of carbonyl (C=O) groups excluding carboxylic acids is 2. The standard InChI is InChI=1S/C10H13N3O3/c1-11-9(14)7-16-13-10(15)12-8-5-3-2-4-6-8/h2-6H,7H2,1H3,(H,11,14)(H2,12,13,15). The van der Waals surface area contributed by atoms with Gasteiger partial charge < -0.3 is 10.6 Å². The van der Waals surface area contributed by atoms with Crippen molar-refractivity contribution in [2.45, 2.75) is 0 Å². The van der Waals surface area contributed by atoms with Crippen molar-refractivity contribution in [2.75, 3.05) is 19.0 Å². The molecule has 0 radical (unpaired) electrons. The zero-order valence-electron chi connectivity index (χ0n) is 8.82. The number of anilines is 1. The van der Waals surface area contributed by atoms with E-state index >= 15 is 0 Å². The Balaban J connectivity index is 2.24. The van der Waals surface area contributed by atoms with Crippen LogP contribution in [0.5, 0.6) is 0 Å². The summed E-state index contributed by atoms with van der Waals surface area (Å²) in [6, 6.07) is 8.36. The van der Waals surface area contributed by atoms with Gasteiger partial charge in [0, 0.05) is 12.7 Å². The minimum atomic E-state index is -0.532. The third-order valence-corrected chi connectivity index (χ3v) is 1.68. The summed E-state index contributed by atoms with van der Waals surface area (Å²) in [6.07, 6.45) is 0. The van der Waals surface area contributed by atoms with Crippen LogP contribution in [0, 0.1) is 0 Å². The number of rotatable bonds is 4. The molecule has 0 fully saturated rings. The maximum atomic E-state index is 11.2. The van der Waals surface area contributed by atoms with Crippen LogP contribution in [0.3, 0.4) is 0 Å². The van der Waals surface area contributed by atoms with E-state index in [9.17, 15) is 9.59 Å². The molecule has 0 heterocycles. The Bertz CT molecular complexity index is 354. The van der Waals surface area contributed by atoms with E-state index in [1.807, 2.05) is 6.07 Å². The number of benzene rings is 1. The van der Waals surface area contributed by atoms with Gasteiger partial charge in [-0.1, -0.05) is 18.2 Å². The molecule has 0 unspecified atom stereocenters. The Morgan fingerprint density at radius 2 is 1.94 bits per heavy atom. The summed E-state index contributed by atoms with van der Waals surface area (Å²) in [5.74, 6) is -0.319. The lowest BCUT2D eigenvalue weighted by molar-refractivity contribution is -0.126. The maximum absolute atomic E-state index is 11.2. The van der Waals surface area contributed by atoms with E-state index in [0.29, 0.717) is 5.69 Å². The van der Waals surface area contributed by atoms with E-state index in [4.69, 9.17) is 0 Å². The van der Waals surface area contributed by atoms with E-state index in [2.05, 4.69) is 21.0 Å². The number of hydroxylamine groups is 1. The van der Waals surface area contributed by atoms with Gasteiger partial charge >= 0.3 is 6.03 Å². The molecule has 86 valence electrons. The maximum Gasteiger partial charge on any atom is 0.343 e. The molecule has 1 aromatic rings. The molecule has 0 aliphatic carbocycles. The number of hydrogen-bond donors (Lipinski definition) is 3. The van der Waals surface area contributed by atoms with Gasteiger partial charge in [-0.25, -0.2) is 10.3 Å². The van der Waals surface area contributed by atoms with E-state index in [1.54, 1.807) is 24.3 Å². The molecular weight excluding hydrogens is 210 g/mol. The minimum Gasteiger partial charge on any atom is -0.357 e. The number of hydrogen-bond acceptors (Lipinski definition) is 3. The highest BCUT2D eigenvalue weighted by Gasteiger charge is 2.02. The number of urea groups is 1. The second kappa shape index (κ2) is 6.41. The van der Waals surface area contributed by atoms with Crippen molar-refractivity contribution in [1.82, 2.24) is 10.8 Å². The zero-order valence-corrected chi connectivity index (χ0v) is 8.82. The van der Waals surface area contributed by atoms with Gasteiger partial charge in [0.05, 0.1) is 0 Å². The molecule has 3 N–H and O–H groups in total. The Morgan fingerprint density at radius 1 is 1.25 bits per heavy atom. The average molecular weight is 223 g/mol. The van der Waals surface area contributed by atoms with E-state index in [0.717, 1.165) is 0 Å². The molecule has 0 aliphatic rings. The lowest BCUT2D eigenvalue weighted by Gasteiger charge is -2.06. The predicted octanol–water partition coefficient (Wildman–Crippen LogP) is 0.486. The van der Waals surface area contributed by atoms with Crippen LogP contribution in [0.25, 0.3) is 0 Å². The average Bonchev–Trinajstić information content (AvgIpc) is 2.30. The fourth-order valence-electron chi connectivity index (χ4n) is 0.917. The highest BCUT2D eigenvalue weighted by molar-refractivity contribution is 5.88. The normalized spacial score (nSPS) is 9.31. The van der Waals surface area contributed by atoms with Crippen molar-refractivity contribution in [3.63, 3.8) is 0 Å². The van der Waals surface area contributed by atoms with Crippen LogP contribution >= 0.6 is 0 Å². The Morgan fingerprint density at radius 3 is 2.56 bits per heavy atom. The summed E-state index contributed by atoms with van der Waals surface area (Å²) in [4.78, 5) is 26.6. The van der Waals surface area contributed by atoms with Crippen LogP contribution in [0.1, 0.15) is 0 Å². The highest BCUT2D eigenvalue weighted by atomic mass is 16.7. The molecule has 1 aromatic carbocycles. The monoisotopic (exact) mass is 223 g/mol. The first-order chi connectivity index (χ1) is 7.72. The van der Waals surface area contributed by atoms with Crippen molar-refractivity contribution < 1.29 is 14.4 Å². The molecule has 3 amide bonds. The highest BCUT2D eigenvalue weighted by Crippen LogP contribution is 2.03. The predicted molar refractivity (Wildman–Crippen MR) is 58.6 cm³/mol. The van der Waals surface area contributed by atoms with Crippen LogP contribution in [-0.2, 0) is 9.63 Å². The van der Waals surface area contributed by atoms with Crippen molar-refractivity contribution in [2.24, 2.45) is 0 Å². The molecule has 6 nitrogen and oxygen atoms in total. The van der Waals surface area contributed by atoms with Crippen molar-refractivity contribution in [1.29, 1.82) is 0 Å². The summed E-state index contributed by atoms with van der Waals surface area (Å²) >= 11 is 0. The summed E-state index contributed by atoms with van der Waals surface area (Å²) in [6.45, 7) is -0.224. The first-order valence-electron chi connectivity index (χ1n) is 4.67. The summed E-state index contributed by atoms with van der Waals surface area (Å²) in [5.41, 5.74) is 2.73. The lowest BCUT2D eigenvalue weighted by atomic mass is 10.3. The van der Waals surface area contributed by atoms with Crippen molar-refractivity contribution >= 4 is 17.6 Å². The number of carbonyl (C=O) groups is 2. The van der Waals surface area contributed by atoms with Crippen LogP contribution in [0.15, 0.2) is 30.3 Å². The number of nitrogens with one attached hydrogen (secondary N) is 3. The van der Waals surface area contributed by atoms with E-state index in [1.165, 1.54) is 7.05 Å². The topological polar surface area (TPSA) is 79.5 Å². The van der Waals surface area contributed by atoms with E-state index in [-0.39, 0.29) is 12.5 Å². The molecule has 1 rings (SSSR count). The van der Waals surface area contributed by atoms with Crippen LogP contribution < -0.4 is 16.1 Å². The van der Waals surface area contributed by atoms with E-state index < -0.39 is 6.03 Å². The molecule has 0 spiro atoms. The summed E-state index contributed by atoms with van der Waals surface area (Å²) in [5, 5.41) is 4.88. The van der Waals surface area contributed by atoms with Gasteiger partial charge in [-0.15, -0.1) is 0 Å². The second-order valence-corrected chi connectivity index (χ2v) is 2.88. The molecule has 0 atom stereocenters. The molecule has 0 saturated heterocycles. The Labute approximate surface area is 92.9 Å². The molecule has 6 heteroatoms. The SMILES string of the molecule is CNC(=O)CONC(=O)Nc1ccccc1. The molecular formula is C10H13N3O3. The van der Waals surface area contributed by atoms with Gasteiger partial charge in [0.25, 0.3) is 0 Å². The summed E-state index contributed by atoms with van der Waals surface area (Å²) in [7, 11) is 1.48. The molecule has 0 aromatic heterocycles. The van der Waals surface area contributed by atoms with Gasteiger partial charge in [0.1, 0.15) is 0 Å². The van der Waals surface area contributed by atoms with Crippen LogP contribution in [0.4, 0.5) is 10.5 Å². The largest absolute Gasteiger partial charge is 0.357 e. The van der Waals surface area contributed by atoms with Gasteiger partial charge in [0.2, 0.25) is 5.91 Å². The Hall–Kier alpha value is -2.08. The number of likely N-dealkylation sites (N-methyl/N-ethyl adjacent to an activating group) is 1. The summed E-state index contributed by atoms with van der Waals surface area (Å²) < 4.78 is 0. The minimum absolute atomic E-state index is 0.224. The molecule has 0 saturated carbocycles. The number of amides is 3. The first-order valence-corrected chi connectivity index (χ1v) is 4.67. The van der Waals surface area contributed by atoms with Gasteiger partial charge in [-0.2, -0.15) is 0 Å². The van der Waals surface area contributed by atoms with Crippen molar-refractivity contribution in [3.05, 3.63) is 30.3 Å².